The number of tetrazole rings is 1. The number of rotatable bonds is 6. The van der Waals surface area contributed by atoms with E-state index in [9.17, 15) is 0 Å². The Bertz CT molecular complexity index is 752. The second-order valence-corrected chi connectivity index (χ2v) is 5.25. The molecule has 0 radical (unpaired) electrons. The quantitative estimate of drug-likeness (QED) is 0.745. The van der Waals surface area contributed by atoms with Crippen molar-refractivity contribution in [1.29, 1.82) is 0 Å². The molecule has 0 unspecified atom stereocenters. The summed E-state index contributed by atoms with van der Waals surface area (Å²) >= 11 is 0. The van der Waals surface area contributed by atoms with Crippen LogP contribution in [0.3, 0.4) is 0 Å². The van der Waals surface area contributed by atoms with Crippen LogP contribution < -0.4 is 5.32 Å². The zero-order valence-corrected chi connectivity index (χ0v) is 12.8. The van der Waals surface area contributed by atoms with E-state index in [2.05, 4.69) is 69.1 Å². The fourth-order valence-corrected chi connectivity index (χ4v) is 2.20. The van der Waals surface area contributed by atoms with Crippen molar-refractivity contribution in [3.63, 3.8) is 0 Å². The van der Waals surface area contributed by atoms with E-state index in [0.29, 0.717) is 12.2 Å². The molecule has 114 valence electrons. The van der Waals surface area contributed by atoms with Gasteiger partial charge in [0.25, 0.3) is 0 Å². The van der Waals surface area contributed by atoms with E-state index < -0.39 is 0 Å². The molecule has 0 atom stereocenters. The molecule has 7 heteroatoms. The van der Waals surface area contributed by atoms with Crippen LogP contribution in [-0.4, -0.2) is 43.7 Å². The highest BCUT2D eigenvalue weighted by molar-refractivity contribution is 5.42. The Balaban J connectivity index is 1.66. The maximum absolute atomic E-state index is 4.30. The van der Waals surface area contributed by atoms with Gasteiger partial charge in [0.15, 0.2) is 5.65 Å². The van der Waals surface area contributed by atoms with E-state index in [0.717, 1.165) is 18.9 Å². The third kappa shape index (κ3) is 3.37. The van der Waals surface area contributed by atoms with Crippen LogP contribution in [0.2, 0.25) is 0 Å². The molecule has 0 spiro atoms. The predicted molar refractivity (Wildman–Crippen MR) is 84.4 cm³/mol. The van der Waals surface area contributed by atoms with Crippen molar-refractivity contribution in [2.75, 3.05) is 18.9 Å². The minimum atomic E-state index is 0.634. The zero-order chi connectivity index (χ0) is 15.4. The summed E-state index contributed by atoms with van der Waals surface area (Å²) in [5.74, 6) is 0.746. The summed E-state index contributed by atoms with van der Waals surface area (Å²) in [6.07, 6.45) is 0. The number of nitrogens with one attached hydrogen (secondary N) is 1. The molecule has 0 aliphatic carbocycles. The van der Waals surface area contributed by atoms with Crippen LogP contribution in [0.15, 0.2) is 36.4 Å². The molecule has 0 fully saturated rings. The molecular formula is C15H19N7. The fraction of sp³-hybridized carbons (Fsp3) is 0.333. The van der Waals surface area contributed by atoms with Crippen LogP contribution in [0.4, 0.5) is 5.82 Å². The lowest BCUT2D eigenvalue weighted by atomic mass is 10.1. The number of aromatic nitrogens is 5. The Morgan fingerprint density at radius 2 is 2.05 bits per heavy atom. The van der Waals surface area contributed by atoms with Crippen molar-refractivity contribution in [2.45, 2.75) is 20.0 Å². The van der Waals surface area contributed by atoms with Crippen molar-refractivity contribution in [2.24, 2.45) is 0 Å². The first kappa shape index (κ1) is 14.4. The highest BCUT2D eigenvalue weighted by Crippen LogP contribution is 2.10. The summed E-state index contributed by atoms with van der Waals surface area (Å²) < 4.78 is 1.41. The number of hydrogen-bond acceptors (Lipinski definition) is 6. The highest BCUT2D eigenvalue weighted by Gasteiger charge is 2.02. The second-order valence-electron chi connectivity index (χ2n) is 5.25. The van der Waals surface area contributed by atoms with Gasteiger partial charge in [0.1, 0.15) is 5.82 Å². The van der Waals surface area contributed by atoms with Crippen LogP contribution in [0.1, 0.15) is 18.1 Å². The lowest BCUT2D eigenvalue weighted by Crippen LogP contribution is -2.16. The van der Waals surface area contributed by atoms with Gasteiger partial charge in [-0.25, -0.2) is 0 Å². The lowest BCUT2D eigenvalue weighted by molar-refractivity contribution is 0.345. The van der Waals surface area contributed by atoms with Crippen LogP contribution in [0.5, 0.6) is 0 Å². The van der Waals surface area contributed by atoms with E-state index in [-0.39, 0.29) is 0 Å². The number of benzene rings is 1. The van der Waals surface area contributed by atoms with Crippen molar-refractivity contribution in [3.05, 3.63) is 47.5 Å². The highest BCUT2D eigenvalue weighted by atomic mass is 15.6. The third-order valence-corrected chi connectivity index (χ3v) is 3.53. The third-order valence-electron chi connectivity index (χ3n) is 3.53. The summed E-state index contributed by atoms with van der Waals surface area (Å²) in [6.45, 7) is 4.87. The van der Waals surface area contributed by atoms with Crippen LogP contribution in [0, 0.1) is 0 Å². The molecular weight excluding hydrogens is 278 g/mol. The molecule has 22 heavy (non-hydrogen) atoms. The Hall–Kier alpha value is -2.54. The minimum absolute atomic E-state index is 0.634. The molecule has 0 saturated carbocycles. The maximum Gasteiger partial charge on any atom is 0.200 e. The van der Waals surface area contributed by atoms with Gasteiger partial charge in [0.05, 0.1) is 0 Å². The normalized spacial score (nSPS) is 11.2. The van der Waals surface area contributed by atoms with Gasteiger partial charge in [-0.1, -0.05) is 31.2 Å². The first-order chi connectivity index (χ1) is 10.7. The smallest absolute Gasteiger partial charge is 0.200 e. The van der Waals surface area contributed by atoms with E-state index in [1.54, 1.807) is 0 Å². The predicted octanol–water partition coefficient (Wildman–Crippen LogP) is 1.58. The number of fused-ring (bicyclic) bond motifs is 1. The van der Waals surface area contributed by atoms with Gasteiger partial charge in [-0.15, -0.1) is 14.8 Å². The molecule has 3 rings (SSSR count). The van der Waals surface area contributed by atoms with Crippen molar-refractivity contribution in [1.82, 2.24) is 30.2 Å². The van der Waals surface area contributed by atoms with Crippen LogP contribution >= 0.6 is 0 Å². The monoisotopic (exact) mass is 297 g/mol. The van der Waals surface area contributed by atoms with Gasteiger partial charge >= 0.3 is 0 Å². The van der Waals surface area contributed by atoms with Crippen molar-refractivity contribution < 1.29 is 0 Å². The Morgan fingerprint density at radius 3 is 2.91 bits per heavy atom. The molecule has 0 aliphatic rings. The van der Waals surface area contributed by atoms with Gasteiger partial charge in [0.2, 0.25) is 0 Å². The van der Waals surface area contributed by atoms with E-state index in [1.165, 1.54) is 15.8 Å². The van der Waals surface area contributed by atoms with Crippen LogP contribution in [-0.2, 0) is 13.1 Å². The van der Waals surface area contributed by atoms with Gasteiger partial charge < -0.3 is 10.2 Å². The molecule has 7 nitrogen and oxygen atoms in total. The Kier molecular flexibility index (Phi) is 4.24. The second kappa shape index (κ2) is 6.48. The zero-order valence-electron chi connectivity index (χ0n) is 12.8. The fourth-order valence-electron chi connectivity index (χ4n) is 2.20. The van der Waals surface area contributed by atoms with Crippen molar-refractivity contribution >= 4 is 11.5 Å². The standard InChI is InChI=1S/C15H19N7/c1-3-21(2)11-13-6-4-5-12(9-13)10-16-14-7-8-15-17-19-20-22(15)18-14/h4-9H,3,10-11H2,1-2H3,(H,16,18). The Morgan fingerprint density at radius 1 is 1.18 bits per heavy atom. The molecule has 1 aromatic carbocycles. The molecule has 0 saturated heterocycles. The summed E-state index contributed by atoms with van der Waals surface area (Å²) in [7, 11) is 2.12. The largest absolute Gasteiger partial charge is 0.365 e. The molecule has 2 heterocycles. The first-order valence-corrected chi connectivity index (χ1v) is 7.30. The topological polar surface area (TPSA) is 71.2 Å². The van der Waals surface area contributed by atoms with E-state index in [4.69, 9.17) is 0 Å². The number of hydrogen-bond donors (Lipinski definition) is 1. The van der Waals surface area contributed by atoms with Gasteiger partial charge in [-0.2, -0.15) is 0 Å². The van der Waals surface area contributed by atoms with Crippen molar-refractivity contribution in [3.8, 4) is 0 Å². The van der Waals surface area contributed by atoms with E-state index >= 15 is 0 Å². The minimum Gasteiger partial charge on any atom is -0.365 e. The van der Waals surface area contributed by atoms with Gasteiger partial charge in [0, 0.05) is 13.1 Å². The number of anilines is 1. The average Bonchev–Trinajstić information content (AvgIpc) is 3.01. The van der Waals surface area contributed by atoms with E-state index in [1.807, 2.05) is 12.1 Å². The summed E-state index contributed by atoms with van der Waals surface area (Å²) in [5, 5.41) is 18.8. The number of nitrogens with zero attached hydrogens (tertiary/aromatic N) is 6. The SMILES string of the molecule is CCN(C)Cc1cccc(CNc2ccc3nnnn3n2)c1. The molecule has 0 amide bonds. The molecule has 2 aromatic heterocycles. The molecule has 0 aliphatic heterocycles. The van der Waals surface area contributed by atoms with Crippen LogP contribution in [0.25, 0.3) is 5.65 Å². The van der Waals surface area contributed by atoms with Gasteiger partial charge in [-0.3, -0.25) is 0 Å². The maximum atomic E-state index is 4.30. The molecule has 0 bridgehead atoms. The molecule has 1 N–H and O–H groups in total. The lowest BCUT2D eigenvalue weighted by Gasteiger charge is -2.14. The average molecular weight is 297 g/mol. The summed E-state index contributed by atoms with van der Waals surface area (Å²) in [6, 6.07) is 12.3. The molecule has 3 aromatic rings. The Labute approximate surface area is 128 Å². The van der Waals surface area contributed by atoms with Gasteiger partial charge in [-0.05, 0) is 47.3 Å². The summed E-state index contributed by atoms with van der Waals surface area (Å²) in [4.78, 5) is 2.28. The first-order valence-electron chi connectivity index (χ1n) is 7.30. The summed E-state index contributed by atoms with van der Waals surface area (Å²) in [5.41, 5.74) is 3.17.